The number of hydrogen-bond acceptors (Lipinski definition) is 6. The Morgan fingerprint density at radius 1 is 1.40 bits per heavy atom. The lowest BCUT2D eigenvalue weighted by Gasteiger charge is -2.19. The fourth-order valence-electron chi connectivity index (χ4n) is 2.25. The third kappa shape index (κ3) is 3.90. The van der Waals surface area contributed by atoms with E-state index < -0.39 is 40.9 Å². The van der Waals surface area contributed by atoms with E-state index in [-0.39, 0.29) is 10.5 Å². The van der Waals surface area contributed by atoms with Gasteiger partial charge in [-0.2, -0.15) is 0 Å². The topological polar surface area (TPSA) is 111 Å². The summed E-state index contributed by atoms with van der Waals surface area (Å²) in [6.07, 6.45) is 1.38. The minimum Gasteiger partial charge on any atom is -0.506 e. The number of rotatable bonds is 3. The molecule has 0 radical (unpaired) electrons. The van der Waals surface area contributed by atoms with E-state index in [2.05, 4.69) is 10.3 Å². The number of hydrogen-bond donors (Lipinski definition) is 2. The van der Waals surface area contributed by atoms with Gasteiger partial charge in [0.1, 0.15) is 28.6 Å². The summed E-state index contributed by atoms with van der Waals surface area (Å²) in [7, 11) is 1.44. The maximum Gasteiger partial charge on any atom is 0.325 e. The van der Waals surface area contributed by atoms with Crippen molar-refractivity contribution in [3.8, 4) is 5.75 Å². The predicted molar refractivity (Wildman–Crippen MR) is 91.8 cm³/mol. The van der Waals surface area contributed by atoms with Gasteiger partial charge in [0.15, 0.2) is 0 Å². The van der Waals surface area contributed by atoms with Crippen molar-refractivity contribution >= 4 is 34.4 Å². The number of esters is 1. The van der Waals surface area contributed by atoms with Gasteiger partial charge in [0.25, 0.3) is 11.5 Å². The molecule has 0 fully saturated rings. The SMILES string of the molecule is Cn1c(=O)c(C(=O)NCC(=O)OC(C)(C)C)c(O)c2c(Cl)nccc21. The van der Waals surface area contributed by atoms with E-state index >= 15 is 0 Å². The van der Waals surface area contributed by atoms with E-state index in [0.717, 1.165) is 0 Å². The molecule has 2 rings (SSSR count). The van der Waals surface area contributed by atoms with E-state index in [1.807, 2.05) is 0 Å². The van der Waals surface area contributed by atoms with Crippen LogP contribution in [0.25, 0.3) is 10.9 Å². The molecule has 0 saturated heterocycles. The third-order valence-corrected chi connectivity index (χ3v) is 3.56. The van der Waals surface area contributed by atoms with Crippen molar-refractivity contribution in [2.75, 3.05) is 6.54 Å². The Balaban J connectivity index is 2.38. The van der Waals surface area contributed by atoms with Gasteiger partial charge < -0.3 is 19.7 Å². The van der Waals surface area contributed by atoms with E-state index in [0.29, 0.717) is 5.52 Å². The zero-order valence-corrected chi connectivity index (χ0v) is 15.0. The van der Waals surface area contributed by atoms with Crippen LogP contribution in [0.1, 0.15) is 31.1 Å². The zero-order chi connectivity index (χ0) is 18.9. The summed E-state index contributed by atoms with van der Waals surface area (Å²) in [5.74, 6) is -2.17. The average molecular weight is 368 g/mol. The first-order valence-electron chi connectivity index (χ1n) is 7.39. The van der Waals surface area contributed by atoms with Crippen molar-refractivity contribution in [2.24, 2.45) is 7.05 Å². The largest absolute Gasteiger partial charge is 0.506 e. The molecule has 0 unspecified atom stereocenters. The van der Waals surface area contributed by atoms with Gasteiger partial charge >= 0.3 is 5.97 Å². The number of nitrogens with zero attached hydrogens (tertiary/aromatic N) is 2. The normalized spacial score (nSPS) is 11.4. The maximum absolute atomic E-state index is 12.4. The molecule has 2 heterocycles. The fourth-order valence-corrected chi connectivity index (χ4v) is 2.49. The second-order valence-electron chi connectivity index (χ2n) is 6.35. The van der Waals surface area contributed by atoms with Crippen LogP contribution in [0.15, 0.2) is 17.1 Å². The van der Waals surface area contributed by atoms with Crippen molar-refractivity contribution in [3.63, 3.8) is 0 Å². The Morgan fingerprint density at radius 3 is 2.64 bits per heavy atom. The van der Waals surface area contributed by atoms with Crippen molar-refractivity contribution in [1.29, 1.82) is 0 Å². The maximum atomic E-state index is 12.4. The molecule has 0 bridgehead atoms. The first kappa shape index (κ1) is 18.7. The van der Waals surface area contributed by atoms with E-state index in [1.165, 1.54) is 23.9 Å². The summed E-state index contributed by atoms with van der Waals surface area (Å²) in [4.78, 5) is 40.2. The van der Waals surface area contributed by atoms with Gasteiger partial charge in [-0.15, -0.1) is 0 Å². The summed E-state index contributed by atoms with van der Waals surface area (Å²) in [5, 5.41) is 12.6. The molecule has 0 spiro atoms. The number of carbonyl (C=O) groups is 2. The Hall–Kier alpha value is -2.61. The van der Waals surface area contributed by atoms with Crippen LogP contribution in [0.4, 0.5) is 0 Å². The first-order chi connectivity index (χ1) is 11.5. The van der Waals surface area contributed by atoms with Crippen LogP contribution in [0.3, 0.4) is 0 Å². The fraction of sp³-hybridized carbons (Fsp3) is 0.375. The van der Waals surface area contributed by atoms with Crippen LogP contribution in [0, 0.1) is 0 Å². The van der Waals surface area contributed by atoms with Gasteiger partial charge in [0.05, 0.1) is 10.9 Å². The molecular formula is C16H18ClN3O5. The molecule has 2 aromatic heterocycles. The van der Waals surface area contributed by atoms with Crippen LogP contribution < -0.4 is 10.9 Å². The number of ether oxygens (including phenoxy) is 1. The van der Waals surface area contributed by atoms with Gasteiger partial charge in [-0.3, -0.25) is 14.4 Å². The Morgan fingerprint density at radius 2 is 2.04 bits per heavy atom. The first-order valence-corrected chi connectivity index (χ1v) is 7.77. The van der Waals surface area contributed by atoms with Crippen molar-refractivity contribution in [1.82, 2.24) is 14.9 Å². The Labute approximate surface area is 148 Å². The van der Waals surface area contributed by atoms with E-state index in [9.17, 15) is 19.5 Å². The van der Waals surface area contributed by atoms with Gasteiger partial charge in [0.2, 0.25) is 0 Å². The second kappa shape index (κ2) is 6.72. The number of aromatic hydroxyl groups is 1. The number of halogens is 1. The van der Waals surface area contributed by atoms with Gasteiger partial charge in [0, 0.05) is 13.2 Å². The zero-order valence-electron chi connectivity index (χ0n) is 14.2. The standard InChI is InChI=1S/C16H18ClN3O5/c1-16(2,3)25-9(21)7-19-14(23)11-12(22)10-8(20(4)15(11)24)5-6-18-13(10)17/h5-6,22H,7H2,1-4H3,(H,19,23). The minimum absolute atomic E-state index is 0.0493. The molecule has 0 aromatic carbocycles. The monoisotopic (exact) mass is 367 g/mol. The van der Waals surface area contributed by atoms with Crippen LogP contribution >= 0.6 is 11.6 Å². The number of amides is 1. The summed E-state index contributed by atoms with van der Waals surface area (Å²) < 4.78 is 6.24. The molecule has 134 valence electrons. The third-order valence-electron chi connectivity index (χ3n) is 3.28. The molecule has 2 N–H and O–H groups in total. The van der Waals surface area contributed by atoms with Crippen LogP contribution in [-0.2, 0) is 16.6 Å². The molecule has 0 aliphatic heterocycles. The van der Waals surface area contributed by atoms with Crippen LogP contribution in [0.2, 0.25) is 5.15 Å². The number of fused-ring (bicyclic) bond motifs is 1. The highest BCUT2D eigenvalue weighted by molar-refractivity contribution is 6.34. The highest BCUT2D eigenvalue weighted by atomic mass is 35.5. The predicted octanol–water partition coefficient (Wildman–Crippen LogP) is 1.36. The molecule has 0 atom stereocenters. The lowest BCUT2D eigenvalue weighted by molar-refractivity contribution is -0.153. The molecule has 1 amide bonds. The summed E-state index contributed by atoms with van der Waals surface area (Å²) >= 11 is 5.97. The van der Waals surface area contributed by atoms with Crippen molar-refractivity contribution in [2.45, 2.75) is 26.4 Å². The Bertz CT molecular complexity index is 915. The second-order valence-corrected chi connectivity index (χ2v) is 6.71. The van der Waals surface area contributed by atoms with Crippen LogP contribution in [-0.4, -0.2) is 38.7 Å². The van der Waals surface area contributed by atoms with E-state index in [4.69, 9.17) is 16.3 Å². The lowest BCUT2D eigenvalue weighted by atomic mass is 10.1. The molecule has 2 aromatic rings. The van der Waals surface area contributed by atoms with Gasteiger partial charge in [-0.25, -0.2) is 4.98 Å². The molecule has 8 nitrogen and oxygen atoms in total. The number of carbonyl (C=O) groups excluding carboxylic acids is 2. The number of pyridine rings is 2. The van der Waals surface area contributed by atoms with Crippen molar-refractivity contribution in [3.05, 3.63) is 33.3 Å². The molecule has 25 heavy (non-hydrogen) atoms. The quantitative estimate of drug-likeness (QED) is 0.626. The molecule has 0 aliphatic carbocycles. The minimum atomic E-state index is -0.911. The number of aromatic nitrogens is 2. The smallest absolute Gasteiger partial charge is 0.325 e. The Kier molecular flexibility index (Phi) is 5.03. The summed E-state index contributed by atoms with van der Waals surface area (Å²) in [5.41, 5.74) is -1.63. The summed E-state index contributed by atoms with van der Waals surface area (Å²) in [6, 6.07) is 1.49. The highest BCUT2D eigenvalue weighted by Gasteiger charge is 2.24. The van der Waals surface area contributed by atoms with Crippen molar-refractivity contribution < 1.29 is 19.4 Å². The molecule has 0 aliphatic rings. The summed E-state index contributed by atoms with van der Waals surface area (Å²) in [6.45, 7) is 4.61. The van der Waals surface area contributed by atoms with Crippen LogP contribution in [0.5, 0.6) is 5.75 Å². The highest BCUT2D eigenvalue weighted by Crippen LogP contribution is 2.30. The number of nitrogens with one attached hydrogen (secondary N) is 1. The lowest BCUT2D eigenvalue weighted by Crippen LogP contribution is -2.37. The molecule has 9 heteroatoms. The number of aryl methyl sites for hydroxylation is 1. The van der Waals surface area contributed by atoms with E-state index in [1.54, 1.807) is 20.8 Å². The van der Waals surface area contributed by atoms with Gasteiger partial charge in [-0.1, -0.05) is 11.6 Å². The molecule has 0 saturated carbocycles. The molecular weight excluding hydrogens is 350 g/mol. The average Bonchev–Trinajstić information content (AvgIpc) is 2.49. The van der Waals surface area contributed by atoms with Gasteiger partial charge in [-0.05, 0) is 26.8 Å².